The van der Waals surface area contributed by atoms with Gasteiger partial charge in [0.1, 0.15) is 11.3 Å². The van der Waals surface area contributed by atoms with Gasteiger partial charge in [0, 0.05) is 18.0 Å². The fourth-order valence-corrected chi connectivity index (χ4v) is 3.34. The standard InChI is InChI=1S/C21H16FN3O4/c22-15-4-1-13(2-5-15)16-10-17-21(27)24(7-8-25(17)23-16)11-18(26)14-3-6-19-20(9-14)29-12-28-19/h1-10,18,26H,11-12H2/t18-/m1/s1. The van der Waals surface area contributed by atoms with Gasteiger partial charge in [-0.3, -0.25) is 4.79 Å². The van der Waals surface area contributed by atoms with Crippen LogP contribution in [0.4, 0.5) is 4.39 Å². The molecule has 3 heterocycles. The number of ether oxygens (including phenoxy) is 2. The van der Waals surface area contributed by atoms with Gasteiger partial charge < -0.3 is 19.1 Å². The lowest BCUT2D eigenvalue weighted by Crippen LogP contribution is -2.24. The van der Waals surface area contributed by atoms with Gasteiger partial charge in [0.2, 0.25) is 6.79 Å². The van der Waals surface area contributed by atoms with Crippen molar-refractivity contribution in [1.82, 2.24) is 14.2 Å². The fourth-order valence-electron chi connectivity index (χ4n) is 3.34. The van der Waals surface area contributed by atoms with E-state index in [1.54, 1.807) is 48.8 Å². The quantitative estimate of drug-likeness (QED) is 0.577. The molecule has 0 aliphatic carbocycles. The first-order valence-corrected chi connectivity index (χ1v) is 9.01. The summed E-state index contributed by atoms with van der Waals surface area (Å²) in [4.78, 5) is 12.9. The normalized spacial score (nSPS) is 13.7. The molecule has 4 aromatic rings. The fraction of sp³-hybridized carbons (Fsp3) is 0.143. The lowest BCUT2D eigenvalue weighted by molar-refractivity contribution is 0.154. The van der Waals surface area contributed by atoms with E-state index in [9.17, 15) is 14.3 Å². The maximum atomic E-state index is 13.1. The molecule has 146 valence electrons. The molecule has 0 bridgehead atoms. The molecule has 1 N–H and O–H groups in total. The first-order valence-electron chi connectivity index (χ1n) is 9.01. The van der Waals surface area contributed by atoms with E-state index in [4.69, 9.17) is 9.47 Å². The molecule has 0 unspecified atom stereocenters. The Bertz CT molecular complexity index is 1260. The Kier molecular flexibility index (Phi) is 4.06. The Balaban J connectivity index is 1.45. The Hall–Kier alpha value is -3.65. The Morgan fingerprint density at radius 1 is 1.07 bits per heavy atom. The third-order valence-electron chi connectivity index (χ3n) is 4.89. The number of hydrogen-bond acceptors (Lipinski definition) is 5. The molecule has 1 aliphatic rings. The van der Waals surface area contributed by atoms with Crippen LogP contribution >= 0.6 is 0 Å². The van der Waals surface area contributed by atoms with Gasteiger partial charge in [0.25, 0.3) is 5.56 Å². The van der Waals surface area contributed by atoms with E-state index in [2.05, 4.69) is 5.10 Å². The molecule has 7 nitrogen and oxygen atoms in total. The van der Waals surface area contributed by atoms with E-state index in [0.29, 0.717) is 33.8 Å². The lowest BCUT2D eigenvalue weighted by atomic mass is 10.1. The van der Waals surface area contributed by atoms with Crippen molar-refractivity contribution < 1.29 is 19.0 Å². The smallest absolute Gasteiger partial charge is 0.276 e. The van der Waals surface area contributed by atoms with Crippen molar-refractivity contribution in [1.29, 1.82) is 0 Å². The van der Waals surface area contributed by atoms with Crippen molar-refractivity contribution >= 4 is 5.52 Å². The molecular formula is C21H16FN3O4. The molecule has 0 amide bonds. The second kappa shape index (κ2) is 6.75. The number of fused-ring (bicyclic) bond motifs is 2. The first kappa shape index (κ1) is 17.4. The second-order valence-electron chi connectivity index (χ2n) is 6.75. The van der Waals surface area contributed by atoms with Gasteiger partial charge in [-0.1, -0.05) is 6.07 Å². The maximum Gasteiger partial charge on any atom is 0.276 e. The Morgan fingerprint density at radius 3 is 2.69 bits per heavy atom. The predicted octanol–water partition coefficient (Wildman–Crippen LogP) is 2.76. The van der Waals surface area contributed by atoms with Crippen LogP contribution in [0.3, 0.4) is 0 Å². The number of aliphatic hydroxyl groups excluding tert-OH is 1. The van der Waals surface area contributed by atoms with Gasteiger partial charge in [-0.15, -0.1) is 0 Å². The van der Waals surface area contributed by atoms with E-state index in [1.165, 1.54) is 21.2 Å². The zero-order valence-electron chi connectivity index (χ0n) is 15.2. The molecule has 0 spiro atoms. The number of halogens is 1. The minimum absolute atomic E-state index is 0.0754. The minimum atomic E-state index is -0.899. The minimum Gasteiger partial charge on any atom is -0.454 e. The summed E-state index contributed by atoms with van der Waals surface area (Å²) in [5.74, 6) is 0.869. The van der Waals surface area contributed by atoms with Gasteiger partial charge in [-0.25, -0.2) is 8.91 Å². The van der Waals surface area contributed by atoms with Crippen LogP contribution in [0.1, 0.15) is 11.7 Å². The third-order valence-corrected chi connectivity index (χ3v) is 4.89. The molecule has 0 fully saturated rings. The predicted molar refractivity (Wildman–Crippen MR) is 102 cm³/mol. The first-order chi connectivity index (χ1) is 14.1. The molecule has 1 atom stereocenters. The molecule has 8 heteroatoms. The van der Waals surface area contributed by atoms with E-state index < -0.39 is 6.10 Å². The van der Waals surface area contributed by atoms with Crippen LogP contribution in [0.15, 0.2) is 65.7 Å². The summed E-state index contributed by atoms with van der Waals surface area (Å²) in [6, 6.07) is 12.8. The molecule has 2 aromatic carbocycles. The van der Waals surface area contributed by atoms with E-state index >= 15 is 0 Å². The number of aliphatic hydroxyl groups is 1. The third kappa shape index (κ3) is 3.13. The number of rotatable bonds is 4. The average Bonchev–Trinajstić information content (AvgIpc) is 3.37. The van der Waals surface area contributed by atoms with Crippen LogP contribution in [0.25, 0.3) is 16.8 Å². The van der Waals surface area contributed by atoms with Gasteiger partial charge in [-0.05, 0) is 48.0 Å². The lowest BCUT2D eigenvalue weighted by Gasteiger charge is -2.13. The molecule has 29 heavy (non-hydrogen) atoms. The van der Waals surface area contributed by atoms with Crippen LogP contribution in [0.5, 0.6) is 11.5 Å². The summed E-state index contributed by atoms with van der Waals surface area (Å²) in [5, 5.41) is 15.0. The van der Waals surface area contributed by atoms with Crippen LogP contribution in [-0.2, 0) is 6.54 Å². The van der Waals surface area contributed by atoms with Crippen molar-refractivity contribution in [3.8, 4) is 22.8 Å². The van der Waals surface area contributed by atoms with Crippen molar-refractivity contribution in [3.05, 3.63) is 82.7 Å². The monoisotopic (exact) mass is 393 g/mol. The van der Waals surface area contributed by atoms with Gasteiger partial charge in [0.05, 0.1) is 18.3 Å². The molecule has 5 rings (SSSR count). The van der Waals surface area contributed by atoms with Crippen LogP contribution in [0.2, 0.25) is 0 Å². The number of hydrogen-bond donors (Lipinski definition) is 1. The van der Waals surface area contributed by atoms with Crippen LogP contribution < -0.4 is 15.0 Å². The number of aromatic nitrogens is 3. The van der Waals surface area contributed by atoms with Crippen molar-refractivity contribution in [3.63, 3.8) is 0 Å². The Morgan fingerprint density at radius 2 is 1.86 bits per heavy atom. The molecule has 0 radical (unpaired) electrons. The van der Waals surface area contributed by atoms with Gasteiger partial charge in [0.15, 0.2) is 11.5 Å². The Labute approximate surface area is 164 Å². The maximum absolute atomic E-state index is 13.1. The zero-order valence-corrected chi connectivity index (χ0v) is 15.2. The van der Waals surface area contributed by atoms with Gasteiger partial charge in [-0.2, -0.15) is 5.10 Å². The molecular weight excluding hydrogens is 377 g/mol. The van der Waals surface area contributed by atoms with Crippen molar-refractivity contribution in [2.24, 2.45) is 0 Å². The highest BCUT2D eigenvalue weighted by atomic mass is 19.1. The summed E-state index contributed by atoms with van der Waals surface area (Å²) in [6.45, 7) is 0.231. The number of benzene rings is 2. The number of nitrogens with zero attached hydrogens (tertiary/aromatic N) is 3. The summed E-state index contributed by atoms with van der Waals surface area (Å²) < 4.78 is 26.7. The SMILES string of the molecule is O=c1c2cc(-c3ccc(F)cc3)nn2ccn1C[C@@H](O)c1ccc2c(c1)OCO2. The molecule has 0 saturated carbocycles. The van der Waals surface area contributed by atoms with E-state index in [0.717, 1.165) is 0 Å². The molecule has 0 saturated heterocycles. The topological polar surface area (TPSA) is 78.0 Å². The van der Waals surface area contributed by atoms with Crippen molar-refractivity contribution in [2.75, 3.05) is 6.79 Å². The van der Waals surface area contributed by atoms with E-state index in [-0.39, 0.29) is 24.7 Å². The zero-order chi connectivity index (χ0) is 20.0. The summed E-state index contributed by atoms with van der Waals surface area (Å²) in [7, 11) is 0. The van der Waals surface area contributed by atoms with Crippen LogP contribution in [0, 0.1) is 5.82 Å². The van der Waals surface area contributed by atoms with E-state index in [1.807, 2.05) is 0 Å². The highest BCUT2D eigenvalue weighted by Crippen LogP contribution is 2.34. The van der Waals surface area contributed by atoms with Crippen LogP contribution in [-0.4, -0.2) is 26.1 Å². The van der Waals surface area contributed by atoms with Crippen molar-refractivity contribution in [2.45, 2.75) is 12.6 Å². The largest absolute Gasteiger partial charge is 0.454 e. The molecule has 1 aliphatic heterocycles. The molecule has 2 aromatic heterocycles. The highest BCUT2D eigenvalue weighted by molar-refractivity contribution is 5.65. The highest BCUT2D eigenvalue weighted by Gasteiger charge is 2.18. The summed E-state index contributed by atoms with van der Waals surface area (Å²) in [6.07, 6.45) is 2.33. The average molecular weight is 393 g/mol. The summed E-state index contributed by atoms with van der Waals surface area (Å²) >= 11 is 0. The van der Waals surface area contributed by atoms with Gasteiger partial charge >= 0.3 is 0 Å². The second-order valence-corrected chi connectivity index (χ2v) is 6.75. The summed E-state index contributed by atoms with van der Waals surface area (Å²) in [5.41, 5.74) is 1.98.